The number of fused-ring (bicyclic) bond motifs is 1. The van der Waals surface area contributed by atoms with Crippen molar-refractivity contribution in [3.63, 3.8) is 0 Å². The molecule has 0 amide bonds. The van der Waals surface area contributed by atoms with Gasteiger partial charge >= 0.3 is 5.97 Å². The fraction of sp³-hybridized carbons (Fsp3) is 0.500. The van der Waals surface area contributed by atoms with E-state index in [0.717, 1.165) is 12.8 Å². The molecule has 0 bridgehead atoms. The number of carboxylic acid groups (broad SMARTS) is 1. The van der Waals surface area contributed by atoms with E-state index in [9.17, 15) is 4.79 Å². The molecule has 16 heavy (non-hydrogen) atoms. The summed E-state index contributed by atoms with van der Waals surface area (Å²) in [7, 11) is 0. The quantitative estimate of drug-likeness (QED) is 0.847. The Kier molecular flexibility index (Phi) is 2.75. The zero-order valence-corrected chi connectivity index (χ0v) is 9.92. The lowest BCUT2D eigenvalue weighted by Gasteiger charge is -2.20. The second-order valence-electron chi connectivity index (χ2n) is 5.27. The molecule has 0 fully saturated rings. The Hall–Kier alpha value is -1.31. The molecule has 2 nitrogen and oxygen atoms in total. The third kappa shape index (κ3) is 1.97. The van der Waals surface area contributed by atoms with Gasteiger partial charge in [-0.15, -0.1) is 0 Å². The van der Waals surface area contributed by atoms with E-state index in [1.54, 1.807) is 13.8 Å². The molecular formula is C14H18O2. The molecule has 2 heteroatoms. The first-order valence-electron chi connectivity index (χ1n) is 5.84. The third-order valence-corrected chi connectivity index (χ3v) is 3.45. The molecule has 0 saturated carbocycles. The van der Waals surface area contributed by atoms with E-state index in [1.165, 1.54) is 23.1 Å². The highest BCUT2D eigenvalue weighted by Crippen LogP contribution is 2.30. The van der Waals surface area contributed by atoms with E-state index in [0.29, 0.717) is 6.42 Å². The molecule has 1 aliphatic rings. The van der Waals surface area contributed by atoms with Gasteiger partial charge in [-0.1, -0.05) is 18.2 Å². The summed E-state index contributed by atoms with van der Waals surface area (Å²) < 4.78 is 0. The number of aliphatic carboxylic acids is 1. The van der Waals surface area contributed by atoms with Gasteiger partial charge < -0.3 is 5.11 Å². The van der Waals surface area contributed by atoms with Crippen LogP contribution < -0.4 is 0 Å². The molecule has 1 aromatic rings. The van der Waals surface area contributed by atoms with Crippen LogP contribution in [0.15, 0.2) is 18.2 Å². The average Bonchev–Trinajstić information content (AvgIpc) is 2.65. The Morgan fingerprint density at radius 3 is 2.81 bits per heavy atom. The minimum Gasteiger partial charge on any atom is -0.481 e. The highest BCUT2D eigenvalue weighted by Gasteiger charge is 2.29. The molecule has 0 radical (unpaired) electrons. The zero-order chi connectivity index (χ0) is 11.8. The molecule has 0 unspecified atom stereocenters. The molecule has 0 aliphatic heterocycles. The fourth-order valence-electron chi connectivity index (χ4n) is 2.42. The number of aryl methyl sites for hydroxylation is 1. The minimum atomic E-state index is -0.719. The standard InChI is InChI=1S/C14H18O2/c1-14(2,13(15)16)9-11-7-3-5-10-6-4-8-12(10)11/h3,5,7H,4,6,8-9H2,1-2H3,(H,15,16). The molecule has 1 aromatic carbocycles. The van der Waals surface area contributed by atoms with E-state index in [1.807, 2.05) is 0 Å². The predicted octanol–water partition coefficient (Wildman–Crippen LogP) is 2.83. The van der Waals surface area contributed by atoms with Crippen LogP contribution in [0.5, 0.6) is 0 Å². The Morgan fingerprint density at radius 2 is 2.12 bits per heavy atom. The van der Waals surface area contributed by atoms with E-state index in [4.69, 9.17) is 5.11 Å². The Labute approximate surface area is 96.3 Å². The number of carbonyl (C=O) groups is 1. The highest BCUT2D eigenvalue weighted by atomic mass is 16.4. The lowest BCUT2D eigenvalue weighted by molar-refractivity contribution is -0.146. The van der Waals surface area contributed by atoms with E-state index in [2.05, 4.69) is 18.2 Å². The maximum atomic E-state index is 11.1. The summed E-state index contributed by atoms with van der Waals surface area (Å²) in [6, 6.07) is 6.30. The van der Waals surface area contributed by atoms with Crippen LogP contribution >= 0.6 is 0 Å². The van der Waals surface area contributed by atoms with Gasteiger partial charge in [-0.2, -0.15) is 0 Å². The van der Waals surface area contributed by atoms with Gasteiger partial charge in [0.25, 0.3) is 0 Å². The van der Waals surface area contributed by atoms with E-state index >= 15 is 0 Å². The molecule has 2 rings (SSSR count). The molecule has 1 aliphatic carbocycles. The number of hydrogen-bond acceptors (Lipinski definition) is 1. The van der Waals surface area contributed by atoms with Crippen molar-refractivity contribution in [2.75, 3.05) is 0 Å². The van der Waals surface area contributed by atoms with Crippen molar-refractivity contribution in [2.24, 2.45) is 5.41 Å². The van der Waals surface area contributed by atoms with Crippen molar-refractivity contribution in [2.45, 2.75) is 39.5 Å². The van der Waals surface area contributed by atoms with Crippen molar-refractivity contribution in [3.8, 4) is 0 Å². The summed E-state index contributed by atoms with van der Waals surface area (Å²) in [6.07, 6.45) is 4.10. The Bertz CT molecular complexity index is 419. The lowest BCUT2D eigenvalue weighted by Crippen LogP contribution is -2.26. The van der Waals surface area contributed by atoms with Crippen LogP contribution in [0.2, 0.25) is 0 Å². The molecule has 0 atom stereocenters. The van der Waals surface area contributed by atoms with Crippen molar-refractivity contribution >= 4 is 5.97 Å². The first kappa shape index (κ1) is 11.2. The summed E-state index contributed by atoms with van der Waals surface area (Å²) in [5, 5.41) is 9.15. The summed E-state index contributed by atoms with van der Waals surface area (Å²) >= 11 is 0. The van der Waals surface area contributed by atoms with Gasteiger partial charge in [-0.3, -0.25) is 4.79 Å². The van der Waals surface area contributed by atoms with Gasteiger partial charge in [0.1, 0.15) is 0 Å². The summed E-state index contributed by atoms with van der Waals surface area (Å²) in [5.74, 6) is -0.719. The molecule has 86 valence electrons. The molecular weight excluding hydrogens is 200 g/mol. The molecule has 1 N–H and O–H groups in total. The van der Waals surface area contributed by atoms with Gasteiger partial charge in [0.15, 0.2) is 0 Å². The topological polar surface area (TPSA) is 37.3 Å². The number of hydrogen-bond donors (Lipinski definition) is 1. The third-order valence-electron chi connectivity index (χ3n) is 3.45. The minimum absolute atomic E-state index is 0.630. The van der Waals surface area contributed by atoms with Crippen LogP contribution in [-0.4, -0.2) is 11.1 Å². The van der Waals surface area contributed by atoms with E-state index in [-0.39, 0.29) is 0 Å². The first-order valence-corrected chi connectivity index (χ1v) is 5.84. The average molecular weight is 218 g/mol. The monoisotopic (exact) mass is 218 g/mol. The second kappa shape index (κ2) is 3.93. The van der Waals surface area contributed by atoms with Gasteiger partial charge in [0, 0.05) is 0 Å². The zero-order valence-electron chi connectivity index (χ0n) is 9.92. The van der Waals surface area contributed by atoms with Crippen LogP contribution in [0.1, 0.15) is 37.0 Å². The largest absolute Gasteiger partial charge is 0.481 e. The van der Waals surface area contributed by atoms with Crippen LogP contribution in [-0.2, 0) is 24.1 Å². The van der Waals surface area contributed by atoms with E-state index < -0.39 is 11.4 Å². The van der Waals surface area contributed by atoms with Crippen molar-refractivity contribution in [3.05, 3.63) is 34.9 Å². The van der Waals surface area contributed by atoms with Crippen LogP contribution in [0.3, 0.4) is 0 Å². The summed E-state index contributed by atoms with van der Waals surface area (Å²) in [4.78, 5) is 11.1. The van der Waals surface area contributed by atoms with Crippen LogP contribution in [0, 0.1) is 5.41 Å². The number of rotatable bonds is 3. The Balaban J connectivity index is 2.29. The molecule has 0 aromatic heterocycles. The predicted molar refractivity (Wildman–Crippen MR) is 63.6 cm³/mol. The van der Waals surface area contributed by atoms with Gasteiger partial charge in [-0.25, -0.2) is 0 Å². The van der Waals surface area contributed by atoms with Gasteiger partial charge in [0.05, 0.1) is 5.41 Å². The molecule has 0 saturated heterocycles. The van der Waals surface area contributed by atoms with Crippen molar-refractivity contribution < 1.29 is 9.90 Å². The smallest absolute Gasteiger partial charge is 0.309 e. The maximum absolute atomic E-state index is 11.1. The summed E-state index contributed by atoms with van der Waals surface area (Å²) in [6.45, 7) is 3.59. The number of carboxylic acids is 1. The molecule has 0 heterocycles. The Morgan fingerprint density at radius 1 is 1.38 bits per heavy atom. The van der Waals surface area contributed by atoms with Crippen molar-refractivity contribution in [1.29, 1.82) is 0 Å². The van der Waals surface area contributed by atoms with Crippen LogP contribution in [0.4, 0.5) is 0 Å². The van der Waals surface area contributed by atoms with Crippen LogP contribution in [0.25, 0.3) is 0 Å². The first-order chi connectivity index (χ1) is 7.50. The number of benzene rings is 1. The molecule has 0 spiro atoms. The normalized spacial score (nSPS) is 14.9. The SMILES string of the molecule is CC(C)(Cc1cccc2c1CCC2)C(=O)O. The van der Waals surface area contributed by atoms with Crippen molar-refractivity contribution in [1.82, 2.24) is 0 Å². The fourth-order valence-corrected chi connectivity index (χ4v) is 2.42. The second-order valence-corrected chi connectivity index (χ2v) is 5.27. The van der Waals surface area contributed by atoms with Gasteiger partial charge in [0.2, 0.25) is 0 Å². The summed E-state index contributed by atoms with van der Waals surface area (Å²) in [5.41, 5.74) is 3.37. The lowest BCUT2D eigenvalue weighted by atomic mass is 9.83. The van der Waals surface area contributed by atoms with Gasteiger partial charge in [-0.05, 0) is 56.2 Å². The highest BCUT2D eigenvalue weighted by molar-refractivity contribution is 5.74. The maximum Gasteiger partial charge on any atom is 0.309 e.